The van der Waals surface area contributed by atoms with Crippen LogP contribution in [-0.2, 0) is 11.2 Å². The summed E-state index contributed by atoms with van der Waals surface area (Å²) in [6, 6.07) is 12.0. The van der Waals surface area contributed by atoms with Gasteiger partial charge in [-0.15, -0.1) is 0 Å². The molecule has 2 aromatic rings. The Hall–Kier alpha value is -2.22. The van der Waals surface area contributed by atoms with Gasteiger partial charge >= 0.3 is 0 Å². The summed E-state index contributed by atoms with van der Waals surface area (Å²) in [7, 11) is 0. The minimum absolute atomic E-state index is 0.227. The number of pyridine rings is 1. The van der Waals surface area contributed by atoms with Crippen LogP contribution < -0.4 is 0 Å². The van der Waals surface area contributed by atoms with E-state index in [-0.39, 0.29) is 5.78 Å². The second-order valence-corrected chi connectivity index (χ2v) is 4.42. The van der Waals surface area contributed by atoms with Crippen LogP contribution in [0.2, 0.25) is 0 Å². The third-order valence-corrected chi connectivity index (χ3v) is 3.25. The van der Waals surface area contributed by atoms with Crippen molar-refractivity contribution in [2.75, 3.05) is 0 Å². The maximum Gasteiger partial charge on any atom is 0.163 e. The molecule has 0 atom stereocenters. The third-order valence-electron chi connectivity index (χ3n) is 3.25. The molecule has 0 unspecified atom stereocenters. The number of fused-ring (bicyclic) bond motifs is 1. The summed E-state index contributed by atoms with van der Waals surface area (Å²) in [5.41, 5.74) is 4.18. The molecule has 0 N–H and O–H groups in total. The summed E-state index contributed by atoms with van der Waals surface area (Å²) in [6.07, 6.45) is 6.90. The van der Waals surface area contributed by atoms with E-state index in [1.165, 1.54) is 5.56 Å². The maximum absolute atomic E-state index is 12.1. The molecule has 2 nitrogen and oxygen atoms in total. The van der Waals surface area contributed by atoms with E-state index in [9.17, 15) is 4.79 Å². The number of benzene rings is 1. The van der Waals surface area contributed by atoms with Crippen LogP contribution in [0.3, 0.4) is 0 Å². The van der Waals surface area contributed by atoms with Crippen LogP contribution in [0.25, 0.3) is 11.6 Å². The molecule has 0 saturated heterocycles. The third kappa shape index (κ3) is 1.97. The van der Waals surface area contributed by atoms with Gasteiger partial charge in [0.25, 0.3) is 0 Å². The van der Waals surface area contributed by atoms with Crippen molar-refractivity contribution in [2.45, 2.75) is 12.8 Å². The fourth-order valence-electron chi connectivity index (χ4n) is 2.32. The highest BCUT2D eigenvalue weighted by molar-refractivity contribution is 6.26. The van der Waals surface area contributed by atoms with Crippen molar-refractivity contribution in [1.29, 1.82) is 0 Å². The summed E-state index contributed by atoms with van der Waals surface area (Å²) >= 11 is 0. The number of aryl methyl sites for hydroxylation is 1. The summed E-state index contributed by atoms with van der Waals surface area (Å²) in [4.78, 5) is 16.1. The number of allylic oxidation sites excluding steroid dienone is 1. The van der Waals surface area contributed by atoms with Gasteiger partial charge in [0.05, 0.1) is 0 Å². The smallest absolute Gasteiger partial charge is 0.163 e. The Morgan fingerprint density at radius 2 is 1.78 bits per heavy atom. The molecule has 1 aliphatic rings. The Morgan fingerprint density at radius 1 is 1.00 bits per heavy atom. The van der Waals surface area contributed by atoms with Crippen molar-refractivity contribution in [2.24, 2.45) is 0 Å². The zero-order chi connectivity index (χ0) is 12.4. The van der Waals surface area contributed by atoms with E-state index in [4.69, 9.17) is 0 Å². The first kappa shape index (κ1) is 10.9. The highest BCUT2D eigenvalue weighted by atomic mass is 16.1. The van der Waals surface area contributed by atoms with E-state index in [0.29, 0.717) is 6.42 Å². The lowest BCUT2D eigenvalue weighted by Gasteiger charge is -2.17. The molecule has 0 fully saturated rings. The van der Waals surface area contributed by atoms with Gasteiger partial charge in [-0.25, -0.2) is 0 Å². The van der Waals surface area contributed by atoms with E-state index in [1.807, 2.05) is 36.4 Å². The van der Waals surface area contributed by atoms with E-state index in [2.05, 4.69) is 11.1 Å². The van der Waals surface area contributed by atoms with Crippen molar-refractivity contribution >= 4 is 17.4 Å². The number of carbonyl (C=O) groups is 1. The van der Waals surface area contributed by atoms with Gasteiger partial charge in [-0.05, 0) is 41.3 Å². The Bertz CT molecular complexity index is 614. The topological polar surface area (TPSA) is 30.0 Å². The first-order valence-electron chi connectivity index (χ1n) is 6.08. The van der Waals surface area contributed by atoms with Gasteiger partial charge < -0.3 is 0 Å². The number of rotatable bonds is 1. The highest BCUT2D eigenvalue weighted by Gasteiger charge is 2.20. The molecule has 0 spiro atoms. The van der Waals surface area contributed by atoms with Crippen LogP contribution in [-0.4, -0.2) is 10.8 Å². The van der Waals surface area contributed by atoms with Gasteiger partial charge in [-0.3, -0.25) is 9.78 Å². The normalized spacial score (nSPS) is 16.7. The summed E-state index contributed by atoms with van der Waals surface area (Å²) in [5, 5.41) is 0. The highest BCUT2D eigenvalue weighted by Crippen LogP contribution is 2.29. The molecule has 0 amide bonds. The molecule has 0 saturated carbocycles. The van der Waals surface area contributed by atoms with Crippen LogP contribution in [0, 0.1) is 0 Å². The molecule has 1 aliphatic carbocycles. The van der Waals surface area contributed by atoms with Crippen molar-refractivity contribution in [3.63, 3.8) is 0 Å². The van der Waals surface area contributed by atoms with Crippen LogP contribution in [0.5, 0.6) is 0 Å². The number of nitrogens with zero attached hydrogens (tertiary/aromatic N) is 1. The standard InChI is InChI=1S/C16H13NO/c18-16-6-5-13-3-1-2-4-14(13)15(16)11-12-7-9-17-10-8-12/h1-4,7-11H,5-6H2. The van der Waals surface area contributed by atoms with Crippen molar-refractivity contribution in [3.8, 4) is 0 Å². The lowest BCUT2D eigenvalue weighted by molar-refractivity contribution is -0.113. The van der Waals surface area contributed by atoms with E-state index in [1.54, 1.807) is 12.4 Å². The molecule has 3 rings (SSSR count). The molecule has 0 radical (unpaired) electrons. The summed E-state index contributed by atoms with van der Waals surface area (Å²) in [6.45, 7) is 0. The van der Waals surface area contributed by atoms with Gasteiger partial charge in [0.15, 0.2) is 5.78 Å². The lowest BCUT2D eigenvalue weighted by Crippen LogP contribution is -2.12. The zero-order valence-corrected chi connectivity index (χ0v) is 9.97. The monoisotopic (exact) mass is 235 g/mol. The number of ketones is 1. The molecule has 1 heterocycles. The quantitative estimate of drug-likeness (QED) is 0.711. The van der Waals surface area contributed by atoms with Crippen molar-refractivity contribution < 1.29 is 4.79 Å². The number of Topliss-reactive ketones (excluding diaryl/α,β-unsaturated/α-hetero) is 1. The van der Waals surface area contributed by atoms with E-state index < -0.39 is 0 Å². The molecular formula is C16H13NO. The van der Waals surface area contributed by atoms with Gasteiger partial charge in [0.1, 0.15) is 0 Å². The molecule has 2 heteroatoms. The van der Waals surface area contributed by atoms with Crippen molar-refractivity contribution in [3.05, 3.63) is 65.5 Å². The molecule has 1 aromatic heterocycles. The average Bonchev–Trinajstić information content (AvgIpc) is 2.43. The molecule has 0 aliphatic heterocycles. The fraction of sp³-hybridized carbons (Fsp3) is 0.125. The van der Waals surface area contributed by atoms with Crippen molar-refractivity contribution in [1.82, 2.24) is 4.98 Å². The number of carbonyl (C=O) groups excluding carboxylic acids is 1. The van der Waals surface area contributed by atoms with Gasteiger partial charge in [-0.1, -0.05) is 24.3 Å². The van der Waals surface area contributed by atoms with Gasteiger partial charge in [0, 0.05) is 24.4 Å². The second kappa shape index (κ2) is 4.57. The predicted octanol–water partition coefficient (Wildman–Crippen LogP) is 3.14. The number of hydrogen-bond acceptors (Lipinski definition) is 2. The Balaban J connectivity index is 2.11. The summed E-state index contributed by atoms with van der Waals surface area (Å²) < 4.78 is 0. The number of hydrogen-bond donors (Lipinski definition) is 0. The fourth-order valence-corrected chi connectivity index (χ4v) is 2.32. The van der Waals surface area contributed by atoms with Crippen LogP contribution >= 0.6 is 0 Å². The zero-order valence-electron chi connectivity index (χ0n) is 9.97. The molecule has 1 aromatic carbocycles. The number of aromatic nitrogens is 1. The average molecular weight is 235 g/mol. The Kier molecular flexibility index (Phi) is 2.77. The Morgan fingerprint density at radius 3 is 2.61 bits per heavy atom. The van der Waals surface area contributed by atoms with Crippen LogP contribution in [0.4, 0.5) is 0 Å². The Labute approximate surface area is 106 Å². The summed E-state index contributed by atoms with van der Waals surface area (Å²) in [5.74, 6) is 0.227. The van der Waals surface area contributed by atoms with Crippen LogP contribution in [0.1, 0.15) is 23.1 Å². The molecule has 18 heavy (non-hydrogen) atoms. The van der Waals surface area contributed by atoms with E-state index >= 15 is 0 Å². The van der Waals surface area contributed by atoms with Crippen LogP contribution in [0.15, 0.2) is 48.8 Å². The maximum atomic E-state index is 12.1. The van der Waals surface area contributed by atoms with E-state index in [0.717, 1.165) is 23.1 Å². The SMILES string of the molecule is O=C1CCc2ccccc2C1=Cc1ccncc1. The first-order chi connectivity index (χ1) is 8.84. The predicted molar refractivity (Wildman–Crippen MR) is 71.9 cm³/mol. The first-order valence-corrected chi connectivity index (χ1v) is 6.08. The minimum atomic E-state index is 0.227. The van der Waals surface area contributed by atoms with Gasteiger partial charge in [-0.2, -0.15) is 0 Å². The largest absolute Gasteiger partial charge is 0.294 e. The lowest BCUT2D eigenvalue weighted by atomic mass is 9.85. The van der Waals surface area contributed by atoms with Gasteiger partial charge in [0.2, 0.25) is 0 Å². The minimum Gasteiger partial charge on any atom is -0.294 e. The molecule has 0 bridgehead atoms. The molecule has 88 valence electrons. The molecular weight excluding hydrogens is 222 g/mol. The second-order valence-electron chi connectivity index (χ2n) is 4.42.